The van der Waals surface area contributed by atoms with Gasteiger partial charge in [0.25, 0.3) is 0 Å². The van der Waals surface area contributed by atoms with E-state index in [4.69, 9.17) is 10.2 Å². The first kappa shape index (κ1) is 27.5. The summed E-state index contributed by atoms with van der Waals surface area (Å²) in [6.45, 7) is 0. The fraction of sp³-hybridized carbons (Fsp3) is 0.0196. The van der Waals surface area contributed by atoms with E-state index in [1.807, 2.05) is 48.5 Å². The summed E-state index contributed by atoms with van der Waals surface area (Å²) in [5, 5.41) is 0. The van der Waals surface area contributed by atoms with Crippen molar-refractivity contribution in [3.63, 3.8) is 0 Å². The van der Waals surface area contributed by atoms with Crippen LogP contribution in [0, 0.1) is 0 Å². The molecule has 0 saturated carbocycles. The van der Waals surface area contributed by atoms with Crippen molar-refractivity contribution in [1.82, 2.24) is 0 Å². The molecule has 1 aliphatic heterocycles. The Labute approximate surface area is 321 Å². The number of benzene rings is 8. The van der Waals surface area contributed by atoms with Crippen molar-refractivity contribution in [2.45, 2.75) is 5.60 Å². The van der Waals surface area contributed by atoms with Crippen molar-refractivity contribution < 1.29 is 10.2 Å². The second-order valence-corrected chi connectivity index (χ2v) is 13.4. The fourth-order valence-electron chi connectivity index (χ4n) is 7.99. The number of anilines is 6. The predicted molar refractivity (Wildman–Crippen MR) is 223 cm³/mol. The molecule has 1 heterocycles. The van der Waals surface area contributed by atoms with Crippen molar-refractivity contribution >= 4 is 40.2 Å². The molecule has 2 aliphatic rings. The van der Waals surface area contributed by atoms with Crippen LogP contribution < -0.4 is 9.80 Å². The first-order valence-electron chi connectivity index (χ1n) is 20.1. The maximum atomic E-state index is 8.84. The van der Waals surface area contributed by atoms with E-state index >= 15 is 0 Å². The van der Waals surface area contributed by atoms with Crippen LogP contribution in [-0.2, 0) is 10.3 Å². The number of rotatable bonds is 7. The number of para-hydroxylation sites is 3. The van der Waals surface area contributed by atoms with Crippen molar-refractivity contribution in [1.29, 1.82) is 0 Å². The van der Waals surface area contributed by atoms with Crippen molar-refractivity contribution in [2.24, 2.45) is 0 Å². The van der Waals surface area contributed by atoms with Crippen LogP contribution in [-0.4, -0.2) is 0 Å². The van der Waals surface area contributed by atoms with Gasteiger partial charge in [-0.2, -0.15) is 0 Å². The third-order valence-corrected chi connectivity index (χ3v) is 10.4. The fourth-order valence-corrected chi connectivity index (χ4v) is 7.99. The highest BCUT2D eigenvalue weighted by molar-refractivity contribution is 5.88. The van der Waals surface area contributed by atoms with Gasteiger partial charge in [0.1, 0.15) is 0 Å². The Morgan fingerprint density at radius 1 is 0.407 bits per heavy atom. The molecule has 0 bridgehead atoms. The third-order valence-electron chi connectivity index (χ3n) is 10.4. The van der Waals surface area contributed by atoms with Crippen LogP contribution in [0.5, 0.6) is 0 Å². The summed E-state index contributed by atoms with van der Waals surface area (Å²) in [5.41, 5.74) is 11.6. The molecule has 10 rings (SSSR count). The van der Waals surface area contributed by atoms with Gasteiger partial charge in [-0.3, -0.25) is 0 Å². The molecule has 0 radical (unpaired) electrons. The van der Waals surface area contributed by atoms with Gasteiger partial charge in [-0.05, 0) is 107 Å². The van der Waals surface area contributed by atoms with Crippen LogP contribution in [0.1, 0.15) is 27.7 Å². The summed E-state index contributed by atoms with van der Waals surface area (Å²) in [6.07, 6.45) is 1.39. The SMILES string of the molecule is [2H]C1=COC2(c3ccccc3-c3ccc(N(c4ccccc4)c4ccc(-c5ccc(N(c6ccccc6)c6ccccc6)cc5)cc4)cc32)c2cc([2H])c([2H])c([2H])c21. The van der Waals surface area contributed by atoms with E-state index in [0.29, 0.717) is 11.1 Å². The molecule has 0 fully saturated rings. The molecule has 0 amide bonds. The quantitative estimate of drug-likeness (QED) is 0.165. The van der Waals surface area contributed by atoms with Crippen LogP contribution in [0.4, 0.5) is 34.1 Å². The minimum Gasteiger partial charge on any atom is -0.481 e. The monoisotopic (exact) mass is 696 g/mol. The smallest absolute Gasteiger partial charge is 0.185 e. The first-order chi connectivity index (χ1) is 28.4. The zero-order valence-electron chi connectivity index (χ0n) is 33.3. The Bertz CT molecular complexity index is 2810. The lowest BCUT2D eigenvalue weighted by atomic mass is 9.80. The van der Waals surface area contributed by atoms with E-state index in [1.165, 1.54) is 6.26 Å². The van der Waals surface area contributed by atoms with E-state index in [0.717, 1.165) is 67.5 Å². The Morgan fingerprint density at radius 2 is 0.889 bits per heavy atom. The molecule has 3 heteroatoms. The predicted octanol–water partition coefficient (Wildman–Crippen LogP) is 13.6. The topological polar surface area (TPSA) is 15.7 Å². The van der Waals surface area contributed by atoms with E-state index < -0.39 is 5.60 Å². The molecule has 0 aromatic heterocycles. The van der Waals surface area contributed by atoms with Crippen LogP contribution in [0.25, 0.3) is 28.3 Å². The Balaban J connectivity index is 1.05. The summed E-state index contributed by atoms with van der Waals surface area (Å²) >= 11 is 0. The summed E-state index contributed by atoms with van der Waals surface area (Å²) in [6, 6.07) is 63.9. The van der Waals surface area contributed by atoms with Crippen LogP contribution in [0.3, 0.4) is 0 Å². The van der Waals surface area contributed by atoms with Crippen LogP contribution >= 0.6 is 0 Å². The van der Waals surface area contributed by atoms with Crippen LogP contribution in [0.15, 0.2) is 212 Å². The van der Waals surface area contributed by atoms with Gasteiger partial charge < -0.3 is 14.5 Å². The molecule has 1 unspecified atom stereocenters. The van der Waals surface area contributed by atoms with E-state index in [9.17, 15) is 0 Å². The van der Waals surface area contributed by atoms with Gasteiger partial charge in [0, 0.05) is 50.8 Å². The lowest BCUT2D eigenvalue weighted by Gasteiger charge is -2.36. The molecular formula is C51H36N2O. The van der Waals surface area contributed by atoms with E-state index in [-0.39, 0.29) is 24.2 Å². The Hall–Kier alpha value is -7.10. The summed E-state index contributed by atoms with van der Waals surface area (Å²) in [5.74, 6) is 0. The van der Waals surface area contributed by atoms with Gasteiger partial charge in [0.2, 0.25) is 0 Å². The van der Waals surface area contributed by atoms with Crippen molar-refractivity contribution in [3.8, 4) is 22.3 Å². The minimum atomic E-state index is -1.21. The highest BCUT2D eigenvalue weighted by atomic mass is 16.5. The number of nitrogens with zero attached hydrogens (tertiary/aromatic N) is 2. The zero-order valence-corrected chi connectivity index (χ0v) is 29.3. The highest BCUT2D eigenvalue weighted by Crippen LogP contribution is 2.56. The Kier molecular flexibility index (Phi) is 6.70. The van der Waals surface area contributed by atoms with Gasteiger partial charge in [-0.25, -0.2) is 0 Å². The highest BCUT2D eigenvalue weighted by Gasteiger charge is 2.48. The van der Waals surface area contributed by atoms with Crippen LogP contribution in [0.2, 0.25) is 0 Å². The molecular weight excluding hydrogens is 657 g/mol. The summed E-state index contributed by atoms with van der Waals surface area (Å²) in [4.78, 5) is 4.48. The molecule has 0 saturated heterocycles. The van der Waals surface area contributed by atoms with Gasteiger partial charge >= 0.3 is 0 Å². The lowest BCUT2D eigenvalue weighted by Crippen LogP contribution is -2.31. The maximum absolute atomic E-state index is 8.84. The molecule has 8 aromatic rings. The minimum absolute atomic E-state index is 0.0200. The molecule has 54 heavy (non-hydrogen) atoms. The molecule has 8 aromatic carbocycles. The van der Waals surface area contributed by atoms with Gasteiger partial charge in [0.15, 0.2) is 5.60 Å². The molecule has 256 valence electrons. The normalized spacial score (nSPS) is 16.0. The molecule has 1 aliphatic carbocycles. The van der Waals surface area contributed by atoms with Crippen molar-refractivity contribution in [3.05, 3.63) is 235 Å². The number of ether oxygens (including phenoxy) is 1. The van der Waals surface area contributed by atoms with E-state index in [1.54, 1.807) is 6.07 Å². The number of hydrogen-bond donors (Lipinski definition) is 0. The first-order valence-corrected chi connectivity index (χ1v) is 18.1. The largest absolute Gasteiger partial charge is 0.481 e. The van der Waals surface area contributed by atoms with Gasteiger partial charge in [-0.15, -0.1) is 0 Å². The van der Waals surface area contributed by atoms with Crippen molar-refractivity contribution in [2.75, 3.05) is 9.80 Å². The standard InChI is InChI=1S/C51H36N2O/c1-4-15-40(16-5-1)52(41-17-6-2-7-18-41)43-28-24-37(25-29-43)38-26-30-44(31-27-38)53(42-19-8-3-9-20-42)45-32-33-47-46-21-11-13-23-49(46)51(50(47)36-45)48-22-12-10-14-39(48)34-35-54-51/h1-36H/i10D,12D,14D,34D. The molecule has 3 nitrogen and oxygen atoms in total. The number of fused-ring (bicyclic) bond motifs is 7. The van der Waals surface area contributed by atoms with Gasteiger partial charge in [0.05, 0.1) is 11.7 Å². The average Bonchev–Trinajstić information content (AvgIpc) is 3.55. The lowest BCUT2D eigenvalue weighted by molar-refractivity contribution is 0.100. The third kappa shape index (κ3) is 5.21. The molecule has 1 atom stereocenters. The van der Waals surface area contributed by atoms with Gasteiger partial charge in [-0.1, -0.05) is 133 Å². The number of hydrogen-bond acceptors (Lipinski definition) is 3. The summed E-state index contributed by atoms with van der Waals surface area (Å²) in [7, 11) is 0. The average molecular weight is 697 g/mol. The Morgan fingerprint density at radius 3 is 1.48 bits per heavy atom. The zero-order chi connectivity index (χ0) is 39.4. The molecule has 0 N–H and O–H groups in total. The second kappa shape index (κ2) is 13.1. The second-order valence-electron chi connectivity index (χ2n) is 13.4. The molecule has 1 spiro atoms. The summed E-state index contributed by atoms with van der Waals surface area (Å²) < 4.78 is 41.3. The van der Waals surface area contributed by atoms with E-state index in [2.05, 4.69) is 143 Å². The maximum Gasteiger partial charge on any atom is 0.185 e.